The average molecular weight is 253 g/mol. The number of rotatable bonds is 5. The molecule has 4 nitrogen and oxygen atoms in total. The van der Waals surface area contributed by atoms with Gasteiger partial charge in [-0.05, 0) is 46.3 Å². The van der Waals surface area contributed by atoms with E-state index in [9.17, 15) is 4.79 Å². The molecule has 0 aromatic heterocycles. The third kappa shape index (κ3) is 3.45. The van der Waals surface area contributed by atoms with Gasteiger partial charge in [-0.2, -0.15) is 0 Å². The topological polar surface area (TPSA) is 35.6 Å². The second-order valence-electron chi connectivity index (χ2n) is 5.92. The highest BCUT2D eigenvalue weighted by molar-refractivity contribution is 5.82. The van der Waals surface area contributed by atoms with E-state index in [1.807, 2.05) is 0 Å². The van der Waals surface area contributed by atoms with Crippen LogP contribution in [-0.2, 0) is 4.79 Å². The predicted molar refractivity (Wildman–Crippen MR) is 73.5 cm³/mol. The van der Waals surface area contributed by atoms with Crippen molar-refractivity contribution in [3.05, 3.63) is 0 Å². The lowest BCUT2D eigenvalue weighted by Crippen LogP contribution is -2.49. The first-order chi connectivity index (χ1) is 8.68. The number of carbonyl (C=O) groups is 1. The van der Waals surface area contributed by atoms with Gasteiger partial charge in [-0.1, -0.05) is 12.8 Å². The summed E-state index contributed by atoms with van der Waals surface area (Å²) in [5, 5.41) is 3.34. The van der Waals surface area contributed by atoms with Gasteiger partial charge in [0.2, 0.25) is 5.91 Å². The highest BCUT2D eigenvalue weighted by Gasteiger charge is 2.32. The number of amides is 1. The molecule has 0 radical (unpaired) electrons. The van der Waals surface area contributed by atoms with Gasteiger partial charge in [0.25, 0.3) is 0 Å². The number of hydrogen-bond acceptors (Lipinski definition) is 3. The SMILES string of the molecule is CN(C)CCN(C(=O)[C@H]1CCCN1)C1CCCC1. The monoisotopic (exact) mass is 253 g/mol. The first-order valence-corrected chi connectivity index (χ1v) is 7.37. The van der Waals surface area contributed by atoms with Gasteiger partial charge in [-0.3, -0.25) is 4.79 Å². The number of nitrogens with zero attached hydrogens (tertiary/aromatic N) is 2. The van der Waals surface area contributed by atoms with Crippen LogP contribution in [0.1, 0.15) is 38.5 Å². The third-order valence-electron chi connectivity index (χ3n) is 4.20. The molecule has 0 spiro atoms. The summed E-state index contributed by atoms with van der Waals surface area (Å²) in [7, 11) is 4.15. The van der Waals surface area contributed by atoms with E-state index in [0.29, 0.717) is 11.9 Å². The van der Waals surface area contributed by atoms with Crippen molar-refractivity contribution in [2.24, 2.45) is 0 Å². The van der Waals surface area contributed by atoms with Crippen LogP contribution < -0.4 is 5.32 Å². The van der Waals surface area contributed by atoms with Gasteiger partial charge in [0.15, 0.2) is 0 Å². The lowest BCUT2D eigenvalue weighted by atomic mass is 10.1. The number of likely N-dealkylation sites (N-methyl/N-ethyl adjacent to an activating group) is 1. The summed E-state index contributed by atoms with van der Waals surface area (Å²) in [4.78, 5) is 16.9. The van der Waals surface area contributed by atoms with Crippen LogP contribution in [0.3, 0.4) is 0 Å². The summed E-state index contributed by atoms with van der Waals surface area (Å²) in [6, 6.07) is 0.590. The molecule has 1 aliphatic heterocycles. The summed E-state index contributed by atoms with van der Waals surface area (Å²) in [5.41, 5.74) is 0. The van der Waals surface area contributed by atoms with Crippen LogP contribution in [0, 0.1) is 0 Å². The molecule has 0 aromatic rings. The Hall–Kier alpha value is -0.610. The Bertz CT molecular complexity index is 268. The molecule has 1 N–H and O–H groups in total. The van der Waals surface area contributed by atoms with Crippen LogP contribution in [0.5, 0.6) is 0 Å². The summed E-state index contributed by atoms with van der Waals surface area (Å²) in [6.07, 6.45) is 7.13. The highest BCUT2D eigenvalue weighted by atomic mass is 16.2. The van der Waals surface area contributed by atoms with Gasteiger partial charge in [-0.25, -0.2) is 0 Å². The van der Waals surface area contributed by atoms with Gasteiger partial charge in [0.1, 0.15) is 0 Å². The van der Waals surface area contributed by atoms with Crippen molar-refractivity contribution in [2.45, 2.75) is 50.6 Å². The lowest BCUT2D eigenvalue weighted by Gasteiger charge is -2.32. The Morgan fingerprint density at radius 3 is 2.39 bits per heavy atom. The van der Waals surface area contributed by atoms with Crippen molar-refractivity contribution in [1.82, 2.24) is 15.1 Å². The van der Waals surface area contributed by atoms with Gasteiger partial charge in [0.05, 0.1) is 6.04 Å². The molecule has 104 valence electrons. The van der Waals surface area contributed by atoms with E-state index in [1.165, 1.54) is 25.7 Å². The first-order valence-electron chi connectivity index (χ1n) is 7.37. The molecular weight excluding hydrogens is 226 g/mol. The van der Waals surface area contributed by atoms with Gasteiger partial charge in [-0.15, -0.1) is 0 Å². The summed E-state index contributed by atoms with van der Waals surface area (Å²) >= 11 is 0. The maximum Gasteiger partial charge on any atom is 0.239 e. The van der Waals surface area contributed by atoms with E-state index >= 15 is 0 Å². The second kappa shape index (κ2) is 6.53. The summed E-state index contributed by atoms with van der Waals surface area (Å²) in [6.45, 7) is 2.85. The van der Waals surface area contributed by atoms with Gasteiger partial charge in [0, 0.05) is 19.1 Å². The fourth-order valence-electron chi connectivity index (χ4n) is 3.09. The molecule has 1 heterocycles. The lowest BCUT2D eigenvalue weighted by molar-refractivity contribution is -0.135. The third-order valence-corrected chi connectivity index (χ3v) is 4.20. The van der Waals surface area contributed by atoms with Crippen LogP contribution in [0.15, 0.2) is 0 Å². The molecule has 1 amide bonds. The van der Waals surface area contributed by atoms with E-state index in [2.05, 4.69) is 29.2 Å². The molecule has 2 rings (SSSR count). The van der Waals surface area contributed by atoms with E-state index in [1.54, 1.807) is 0 Å². The number of carbonyl (C=O) groups excluding carboxylic acids is 1. The molecule has 2 aliphatic rings. The largest absolute Gasteiger partial charge is 0.337 e. The fraction of sp³-hybridized carbons (Fsp3) is 0.929. The van der Waals surface area contributed by atoms with E-state index < -0.39 is 0 Å². The molecule has 0 bridgehead atoms. The molecule has 0 aromatic carbocycles. The van der Waals surface area contributed by atoms with E-state index in [0.717, 1.165) is 32.5 Å². The average Bonchev–Trinajstić information content (AvgIpc) is 3.01. The highest BCUT2D eigenvalue weighted by Crippen LogP contribution is 2.24. The van der Waals surface area contributed by atoms with Crippen LogP contribution in [0.25, 0.3) is 0 Å². The molecule has 1 atom stereocenters. The summed E-state index contributed by atoms with van der Waals surface area (Å²) in [5.74, 6) is 0.348. The van der Waals surface area contributed by atoms with Crippen molar-refractivity contribution in [2.75, 3.05) is 33.7 Å². The molecular formula is C14H27N3O. The fourth-order valence-corrected chi connectivity index (χ4v) is 3.09. The molecule has 1 saturated carbocycles. The van der Waals surface area contributed by atoms with Crippen LogP contribution in [0.4, 0.5) is 0 Å². The molecule has 0 unspecified atom stereocenters. The zero-order chi connectivity index (χ0) is 13.0. The zero-order valence-electron chi connectivity index (χ0n) is 11.8. The second-order valence-corrected chi connectivity index (χ2v) is 5.92. The summed E-state index contributed by atoms with van der Waals surface area (Å²) < 4.78 is 0. The van der Waals surface area contributed by atoms with Crippen LogP contribution >= 0.6 is 0 Å². The minimum atomic E-state index is 0.0905. The Labute approximate surface area is 111 Å². The number of hydrogen-bond donors (Lipinski definition) is 1. The first kappa shape index (κ1) is 13.8. The van der Waals surface area contributed by atoms with Crippen molar-refractivity contribution in [3.63, 3.8) is 0 Å². The Morgan fingerprint density at radius 1 is 1.11 bits per heavy atom. The standard InChI is InChI=1S/C14H27N3O/c1-16(2)10-11-17(12-6-3-4-7-12)14(18)13-8-5-9-15-13/h12-13,15H,3-11H2,1-2H3/t13-/m1/s1. The number of nitrogens with one attached hydrogen (secondary N) is 1. The van der Waals surface area contributed by atoms with Crippen molar-refractivity contribution < 1.29 is 4.79 Å². The quantitative estimate of drug-likeness (QED) is 0.796. The van der Waals surface area contributed by atoms with Crippen LogP contribution in [-0.4, -0.2) is 61.5 Å². The van der Waals surface area contributed by atoms with Crippen molar-refractivity contribution in [3.8, 4) is 0 Å². The maximum atomic E-state index is 12.6. The molecule has 4 heteroatoms. The smallest absolute Gasteiger partial charge is 0.239 e. The van der Waals surface area contributed by atoms with E-state index in [-0.39, 0.29) is 6.04 Å². The van der Waals surface area contributed by atoms with Gasteiger partial charge >= 0.3 is 0 Å². The normalized spacial score (nSPS) is 24.9. The Morgan fingerprint density at radius 2 is 1.83 bits per heavy atom. The minimum Gasteiger partial charge on any atom is -0.337 e. The van der Waals surface area contributed by atoms with Gasteiger partial charge < -0.3 is 15.1 Å². The Balaban J connectivity index is 1.95. The van der Waals surface area contributed by atoms with Crippen LogP contribution in [0.2, 0.25) is 0 Å². The minimum absolute atomic E-state index is 0.0905. The molecule has 1 saturated heterocycles. The van der Waals surface area contributed by atoms with Crippen molar-refractivity contribution >= 4 is 5.91 Å². The molecule has 1 aliphatic carbocycles. The predicted octanol–water partition coefficient (Wildman–Crippen LogP) is 1.07. The molecule has 18 heavy (non-hydrogen) atoms. The Kier molecular flexibility index (Phi) is 5.01. The maximum absolute atomic E-state index is 12.6. The zero-order valence-corrected chi connectivity index (χ0v) is 11.8. The molecule has 2 fully saturated rings. The van der Waals surface area contributed by atoms with E-state index in [4.69, 9.17) is 0 Å². The van der Waals surface area contributed by atoms with Crippen molar-refractivity contribution in [1.29, 1.82) is 0 Å².